The van der Waals surface area contributed by atoms with Crippen molar-refractivity contribution < 1.29 is 14.2 Å². The van der Waals surface area contributed by atoms with Crippen molar-refractivity contribution >= 4 is 44.3 Å². The predicted octanol–water partition coefficient (Wildman–Crippen LogP) is 3.32. The van der Waals surface area contributed by atoms with Crippen molar-refractivity contribution in [3.05, 3.63) is 20.6 Å². The third kappa shape index (κ3) is 3.00. The molecule has 1 rings (SSSR count). The van der Waals surface area contributed by atoms with Crippen LogP contribution in [0.1, 0.15) is 11.6 Å². The Morgan fingerprint density at radius 1 is 1.50 bits per heavy atom. The molecular weight excluding hydrogens is 368 g/mol. The number of phenolic OH excluding ortho intramolecular Hbond substituents is 1. The molecule has 0 radical (unpaired) electrons. The molecule has 0 aliphatic heterocycles. The topological polar surface area (TPSA) is 55.5 Å². The van der Waals surface area contributed by atoms with E-state index in [0.717, 1.165) is 0 Å². The largest absolute Gasteiger partial charge is 0.503 e. The molecule has 3 N–H and O–H groups in total. The summed E-state index contributed by atoms with van der Waals surface area (Å²) in [6.45, 7) is -0.682. The van der Waals surface area contributed by atoms with Gasteiger partial charge >= 0.3 is 0 Å². The summed E-state index contributed by atoms with van der Waals surface area (Å²) in [7, 11) is 1.42. The second-order valence-electron chi connectivity index (χ2n) is 2.91. The summed E-state index contributed by atoms with van der Waals surface area (Å²) in [5, 5.41) is 9.62. The highest BCUT2D eigenvalue weighted by molar-refractivity contribution is 9.13. The third-order valence-corrected chi connectivity index (χ3v) is 4.12. The number of methoxy groups -OCH3 is 1. The van der Waals surface area contributed by atoms with Gasteiger partial charge in [-0.25, -0.2) is 4.39 Å². The molecular formula is C9H11Br2ClFNO2. The summed E-state index contributed by atoms with van der Waals surface area (Å²) >= 11 is 6.39. The molecule has 0 spiro atoms. The van der Waals surface area contributed by atoms with Gasteiger partial charge in [-0.2, -0.15) is 0 Å². The second-order valence-corrected chi connectivity index (χ2v) is 4.49. The fraction of sp³-hybridized carbons (Fsp3) is 0.333. The maximum absolute atomic E-state index is 12.5. The minimum atomic E-state index is -0.745. The number of nitrogens with two attached hydrogens (primary N) is 1. The molecule has 3 nitrogen and oxygen atoms in total. The minimum Gasteiger partial charge on any atom is -0.503 e. The first-order chi connectivity index (χ1) is 7.02. The highest BCUT2D eigenvalue weighted by Crippen LogP contribution is 2.43. The van der Waals surface area contributed by atoms with E-state index < -0.39 is 12.7 Å². The van der Waals surface area contributed by atoms with E-state index >= 15 is 0 Å². The van der Waals surface area contributed by atoms with Gasteiger partial charge in [0.05, 0.1) is 17.6 Å². The van der Waals surface area contributed by atoms with Crippen LogP contribution in [0.15, 0.2) is 15.0 Å². The van der Waals surface area contributed by atoms with E-state index in [1.54, 1.807) is 0 Å². The molecule has 0 aromatic heterocycles. The van der Waals surface area contributed by atoms with Crippen molar-refractivity contribution in [1.29, 1.82) is 0 Å². The van der Waals surface area contributed by atoms with E-state index in [1.165, 1.54) is 13.2 Å². The zero-order chi connectivity index (χ0) is 11.6. The number of hydrogen-bond donors (Lipinski definition) is 2. The first-order valence-electron chi connectivity index (χ1n) is 4.09. The number of hydrogen-bond acceptors (Lipinski definition) is 3. The number of alkyl halides is 1. The highest BCUT2D eigenvalue weighted by Gasteiger charge is 2.18. The van der Waals surface area contributed by atoms with Crippen LogP contribution in [-0.2, 0) is 0 Å². The Balaban J connectivity index is 0.00000225. The van der Waals surface area contributed by atoms with Crippen molar-refractivity contribution in [3.8, 4) is 11.5 Å². The maximum atomic E-state index is 12.5. The number of phenols is 1. The zero-order valence-electron chi connectivity index (χ0n) is 8.34. The Morgan fingerprint density at radius 2 is 2.06 bits per heavy atom. The van der Waals surface area contributed by atoms with Crippen LogP contribution in [0, 0.1) is 0 Å². The first-order valence-corrected chi connectivity index (χ1v) is 5.67. The van der Waals surface area contributed by atoms with Crippen LogP contribution in [0.3, 0.4) is 0 Å². The Kier molecular flexibility index (Phi) is 6.62. The maximum Gasteiger partial charge on any atom is 0.173 e. The first kappa shape index (κ1) is 16.0. The summed E-state index contributed by atoms with van der Waals surface area (Å²) in [5.41, 5.74) is 6.12. The molecule has 0 aliphatic carbocycles. The Hall–Kier alpha value is -0.0400. The average molecular weight is 379 g/mol. The molecule has 7 heteroatoms. The van der Waals surface area contributed by atoms with Gasteiger partial charge in [0.1, 0.15) is 6.67 Å². The standard InChI is InChI=1S/C9H10Br2FNO2.ClH/c1-15-6-2-4(5(13)3-12)7(10)8(11)9(6)14;/h2,5,14H,3,13H2,1H3;1H/t5-;/m1./s1. The monoisotopic (exact) mass is 377 g/mol. The predicted molar refractivity (Wildman–Crippen MR) is 70.2 cm³/mol. The van der Waals surface area contributed by atoms with E-state index in [-0.39, 0.29) is 23.9 Å². The molecule has 16 heavy (non-hydrogen) atoms. The smallest absolute Gasteiger partial charge is 0.173 e. The van der Waals surface area contributed by atoms with Crippen LogP contribution < -0.4 is 10.5 Å². The van der Waals surface area contributed by atoms with Crippen LogP contribution in [-0.4, -0.2) is 18.9 Å². The number of benzene rings is 1. The minimum absolute atomic E-state index is 0. The van der Waals surface area contributed by atoms with Crippen LogP contribution in [0.5, 0.6) is 11.5 Å². The highest BCUT2D eigenvalue weighted by atomic mass is 79.9. The lowest BCUT2D eigenvalue weighted by Crippen LogP contribution is -2.13. The Labute approximate surface area is 116 Å². The van der Waals surface area contributed by atoms with Crippen LogP contribution in [0.4, 0.5) is 4.39 Å². The van der Waals surface area contributed by atoms with Crippen LogP contribution in [0.2, 0.25) is 0 Å². The van der Waals surface area contributed by atoms with Gasteiger partial charge in [-0.05, 0) is 43.5 Å². The summed E-state index contributed by atoms with van der Waals surface area (Å²) in [5.74, 6) is 0.211. The number of halogens is 4. The Bertz CT molecular complexity index is 379. The quantitative estimate of drug-likeness (QED) is 0.847. The molecule has 1 aromatic carbocycles. The lowest BCUT2D eigenvalue weighted by Gasteiger charge is -2.15. The van der Waals surface area contributed by atoms with Crippen LogP contribution >= 0.6 is 44.3 Å². The van der Waals surface area contributed by atoms with E-state index in [4.69, 9.17) is 10.5 Å². The molecule has 1 aromatic rings. The normalized spacial score (nSPS) is 11.8. The van der Waals surface area contributed by atoms with Gasteiger partial charge in [-0.15, -0.1) is 12.4 Å². The summed E-state index contributed by atoms with van der Waals surface area (Å²) in [6.07, 6.45) is 0. The van der Waals surface area contributed by atoms with Gasteiger partial charge in [0.2, 0.25) is 0 Å². The number of ether oxygens (including phenoxy) is 1. The molecule has 0 saturated carbocycles. The summed E-state index contributed by atoms with van der Waals surface area (Å²) in [6, 6.07) is 0.763. The molecule has 0 saturated heterocycles. The molecule has 0 aliphatic rings. The van der Waals surface area contributed by atoms with Gasteiger partial charge in [-0.3, -0.25) is 0 Å². The lowest BCUT2D eigenvalue weighted by atomic mass is 10.1. The molecule has 0 heterocycles. The molecule has 0 unspecified atom stereocenters. The SMILES string of the molecule is COc1cc([C@H](N)CF)c(Br)c(Br)c1O.Cl. The second kappa shape index (κ2) is 6.64. The average Bonchev–Trinajstić information content (AvgIpc) is 2.25. The van der Waals surface area contributed by atoms with Gasteiger partial charge in [-0.1, -0.05) is 0 Å². The van der Waals surface area contributed by atoms with Crippen molar-refractivity contribution in [1.82, 2.24) is 0 Å². The van der Waals surface area contributed by atoms with Gasteiger partial charge < -0.3 is 15.6 Å². The summed E-state index contributed by atoms with van der Waals surface area (Å²) in [4.78, 5) is 0. The van der Waals surface area contributed by atoms with Crippen LogP contribution in [0.25, 0.3) is 0 Å². The molecule has 0 bridgehead atoms. The fourth-order valence-electron chi connectivity index (χ4n) is 1.12. The van der Waals surface area contributed by atoms with Crippen molar-refractivity contribution in [2.45, 2.75) is 6.04 Å². The fourth-order valence-corrected chi connectivity index (χ4v) is 2.14. The van der Waals surface area contributed by atoms with E-state index in [9.17, 15) is 9.50 Å². The Morgan fingerprint density at radius 3 is 2.50 bits per heavy atom. The lowest BCUT2D eigenvalue weighted by molar-refractivity contribution is 0.369. The zero-order valence-corrected chi connectivity index (χ0v) is 12.3. The van der Waals surface area contributed by atoms with Crippen molar-refractivity contribution in [3.63, 3.8) is 0 Å². The van der Waals surface area contributed by atoms with Gasteiger partial charge in [0.15, 0.2) is 11.5 Å². The molecule has 0 fully saturated rings. The molecule has 0 amide bonds. The van der Waals surface area contributed by atoms with E-state index in [1.807, 2.05) is 0 Å². The number of rotatable bonds is 3. The van der Waals surface area contributed by atoms with E-state index in [2.05, 4.69) is 31.9 Å². The number of aromatic hydroxyl groups is 1. The van der Waals surface area contributed by atoms with Crippen molar-refractivity contribution in [2.24, 2.45) is 5.73 Å². The summed E-state index contributed by atoms with van der Waals surface area (Å²) < 4.78 is 18.3. The third-order valence-electron chi connectivity index (χ3n) is 1.96. The van der Waals surface area contributed by atoms with Gasteiger partial charge in [0, 0.05) is 4.47 Å². The molecule has 1 atom stereocenters. The molecule has 92 valence electrons. The van der Waals surface area contributed by atoms with Gasteiger partial charge in [0.25, 0.3) is 0 Å². The van der Waals surface area contributed by atoms with Crippen molar-refractivity contribution in [2.75, 3.05) is 13.8 Å². The van der Waals surface area contributed by atoms with E-state index in [0.29, 0.717) is 14.5 Å².